The van der Waals surface area contributed by atoms with E-state index in [1.165, 1.54) is 43.2 Å². The molecule has 0 aliphatic heterocycles. The van der Waals surface area contributed by atoms with Gasteiger partial charge in [0.15, 0.2) is 0 Å². The quantitative estimate of drug-likeness (QED) is 0.846. The molecule has 0 spiro atoms. The van der Waals surface area contributed by atoms with Crippen molar-refractivity contribution in [1.82, 2.24) is 4.90 Å². The molecule has 1 aliphatic rings. The molecule has 3 heteroatoms. The molecule has 3 N–H and O–H groups in total. The fourth-order valence-electron chi connectivity index (χ4n) is 3.73. The second-order valence-electron chi connectivity index (χ2n) is 6.47. The first kappa shape index (κ1) is 16.5. The number of rotatable bonds is 6. The lowest BCUT2D eigenvalue weighted by atomic mass is 9.89. The van der Waals surface area contributed by atoms with Gasteiger partial charge in [0.25, 0.3) is 0 Å². The number of aliphatic hydroxyl groups is 1. The first-order valence-electron chi connectivity index (χ1n) is 8.32. The summed E-state index contributed by atoms with van der Waals surface area (Å²) >= 11 is 0. The van der Waals surface area contributed by atoms with Crippen molar-refractivity contribution in [3.63, 3.8) is 0 Å². The first-order chi connectivity index (χ1) is 10.1. The largest absolute Gasteiger partial charge is 0.395 e. The Morgan fingerprint density at radius 3 is 2.57 bits per heavy atom. The van der Waals surface area contributed by atoms with Gasteiger partial charge >= 0.3 is 0 Å². The lowest BCUT2D eigenvalue weighted by Gasteiger charge is -2.41. The molecule has 0 bridgehead atoms. The molecule has 0 radical (unpaired) electrons. The van der Waals surface area contributed by atoms with Crippen molar-refractivity contribution in [2.75, 3.05) is 13.2 Å². The molecule has 0 aromatic heterocycles. The number of hydrogen-bond acceptors (Lipinski definition) is 3. The maximum Gasteiger partial charge on any atom is 0.0558 e. The zero-order valence-corrected chi connectivity index (χ0v) is 13.5. The monoisotopic (exact) mass is 290 g/mol. The highest BCUT2D eigenvalue weighted by atomic mass is 16.3. The highest BCUT2D eigenvalue weighted by molar-refractivity contribution is 5.26. The van der Waals surface area contributed by atoms with Gasteiger partial charge in [-0.3, -0.25) is 4.90 Å². The molecule has 0 heterocycles. The van der Waals surface area contributed by atoms with Crippen LogP contribution in [0.2, 0.25) is 0 Å². The Balaban J connectivity index is 2.27. The molecule has 118 valence electrons. The van der Waals surface area contributed by atoms with Crippen molar-refractivity contribution < 1.29 is 5.11 Å². The van der Waals surface area contributed by atoms with Crippen LogP contribution in [-0.2, 0) is 0 Å². The van der Waals surface area contributed by atoms with Gasteiger partial charge in [-0.1, -0.05) is 49.1 Å². The summed E-state index contributed by atoms with van der Waals surface area (Å²) in [6.45, 7) is 5.12. The van der Waals surface area contributed by atoms with Crippen LogP contribution in [0.25, 0.3) is 0 Å². The predicted octanol–water partition coefficient (Wildman–Crippen LogP) is 3.01. The molecular formula is C18H30N2O. The summed E-state index contributed by atoms with van der Waals surface area (Å²) in [5.41, 5.74) is 8.88. The Hall–Kier alpha value is -0.900. The van der Waals surface area contributed by atoms with Crippen molar-refractivity contribution in [2.45, 2.75) is 64.1 Å². The highest BCUT2D eigenvalue weighted by Crippen LogP contribution is 2.32. The summed E-state index contributed by atoms with van der Waals surface area (Å²) < 4.78 is 0. The molecule has 2 atom stereocenters. The smallest absolute Gasteiger partial charge is 0.0558 e. The van der Waals surface area contributed by atoms with E-state index in [-0.39, 0.29) is 18.7 Å². The summed E-state index contributed by atoms with van der Waals surface area (Å²) in [5.74, 6) is 0. The van der Waals surface area contributed by atoms with E-state index in [1.54, 1.807) is 0 Å². The summed E-state index contributed by atoms with van der Waals surface area (Å²) in [4.78, 5) is 2.46. The Morgan fingerprint density at radius 1 is 1.29 bits per heavy atom. The third kappa shape index (κ3) is 4.29. The number of nitrogens with zero attached hydrogens (tertiary/aromatic N) is 1. The molecule has 2 unspecified atom stereocenters. The molecular weight excluding hydrogens is 260 g/mol. The second-order valence-corrected chi connectivity index (χ2v) is 6.47. The van der Waals surface area contributed by atoms with Gasteiger partial charge in [0.2, 0.25) is 0 Å². The number of nitrogens with two attached hydrogens (primary N) is 1. The zero-order chi connectivity index (χ0) is 15.2. The molecule has 2 rings (SSSR count). The van der Waals surface area contributed by atoms with Gasteiger partial charge in [-0.2, -0.15) is 0 Å². The fraction of sp³-hybridized carbons (Fsp3) is 0.667. The Kier molecular flexibility index (Phi) is 6.22. The van der Waals surface area contributed by atoms with Crippen LogP contribution in [0.1, 0.15) is 56.2 Å². The van der Waals surface area contributed by atoms with Gasteiger partial charge in [-0.15, -0.1) is 0 Å². The molecule has 0 saturated heterocycles. The Morgan fingerprint density at radius 2 is 2.00 bits per heavy atom. The SMILES string of the molecule is Cc1cccc(C(C(C)N)N(CCO)C2CCCCC2)c1. The van der Waals surface area contributed by atoms with Crippen LogP contribution >= 0.6 is 0 Å². The second kappa shape index (κ2) is 7.92. The average Bonchev–Trinajstić information content (AvgIpc) is 2.47. The summed E-state index contributed by atoms with van der Waals surface area (Å²) in [6.07, 6.45) is 6.40. The van der Waals surface area contributed by atoms with Crippen LogP contribution in [-0.4, -0.2) is 35.2 Å². The van der Waals surface area contributed by atoms with Crippen molar-refractivity contribution in [2.24, 2.45) is 5.73 Å². The van der Waals surface area contributed by atoms with Gasteiger partial charge < -0.3 is 10.8 Å². The van der Waals surface area contributed by atoms with Gasteiger partial charge in [0, 0.05) is 24.7 Å². The van der Waals surface area contributed by atoms with Gasteiger partial charge in [0.1, 0.15) is 0 Å². The molecule has 1 saturated carbocycles. The third-order valence-corrected chi connectivity index (χ3v) is 4.64. The number of aryl methyl sites for hydroxylation is 1. The minimum absolute atomic E-state index is 0.0558. The molecule has 0 amide bonds. The highest BCUT2D eigenvalue weighted by Gasteiger charge is 2.30. The third-order valence-electron chi connectivity index (χ3n) is 4.64. The topological polar surface area (TPSA) is 49.5 Å². The van der Waals surface area contributed by atoms with E-state index in [1.807, 2.05) is 0 Å². The Bertz CT molecular complexity index is 427. The van der Waals surface area contributed by atoms with Crippen LogP contribution in [0.5, 0.6) is 0 Å². The molecule has 1 aromatic rings. The van der Waals surface area contributed by atoms with Gasteiger partial charge in [-0.25, -0.2) is 0 Å². The van der Waals surface area contributed by atoms with Crippen LogP contribution < -0.4 is 5.73 Å². The van der Waals surface area contributed by atoms with E-state index in [0.29, 0.717) is 12.6 Å². The Labute approximate surface area is 129 Å². The minimum atomic E-state index is 0.0558. The van der Waals surface area contributed by atoms with Crippen LogP contribution in [0.3, 0.4) is 0 Å². The van der Waals surface area contributed by atoms with Crippen LogP contribution in [0.4, 0.5) is 0 Å². The minimum Gasteiger partial charge on any atom is -0.395 e. The van der Waals surface area contributed by atoms with Crippen LogP contribution in [0.15, 0.2) is 24.3 Å². The number of benzene rings is 1. The predicted molar refractivity (Wildman–Crippen MR) is 88.2 cm³/mol. The lowest BCUT2D eigenvalue weighted by molar-refractivity contribution is 0.0699. The van der Waals surface area contributed by atoms with E-state index >= 15 is 0 Å². The summed E-state index contributed by atoms with van der Waals surface area (Å²) in [5, 5.41) is 9.52. The van der Waals surface area contributed by atoms with E-state index in [2.05, 4.69) is 43.0 Å². The normalized spacial score (nSPS) is 19.7. The maximum atomic E-state index is 9.52. The van der Waals surface area contributed by atoms with Crippen molar-refractivity contribution in [3.05, 3.63) is 35.4 Å². The molecule has 1 fully saturated rings. The zero-order valence-electron chi connectivity index (χ0n) is 13.5. The van der Waals surface area contributed by atoms with Gasteiger partial charge in [0.05, 0.1) is 6.61 Å². The molecule has 21 heavy (non-hydrogen) atoms. The van der Waals surface area contributed by atoms with Crippen molar-refractivity contribution in [3.8, 4) is 0 Å². The summed E-state index contributed by atoms with van der Waals surface area (Å²) in [7, 11) is 0. The molecule has 1 aliphatic carbocycles. The number of aliphatic hydroxyl groups excluding tert-OH is 1. The number of hydrogen-bond donors (Lipinski definition) is 2. The molecule has 3 nitrogen and oxygen atoms in total. The standard InChI is InChI=1S/C18H30N2O/c1-14-7-6-8-16(13-14)18(15(2)19)20(11-12-21)17-9-4-3-5-10-17/h6-8,13,15,17-18,21H,3-5,9-12,19H2,1-2H3. The van der Waals surface area contributed by atoms with E-state index < -0.39 is 0 Å². The lowest BCUT2D eigenvalue weighted by Crippen LogP contribution is -2.47. The van der Waals surface area contributed by atoms with Crippen molar-refractivity contribution in [1.29, 1.82) is 0 Å². The maximum absolute atomic E-state index is 9.52. The van der Waals surface area contributed by atoms with E-state index in [4.69, 9.17) is 5.73 Å². The van der Waals surface area contributed by atoms with E-state index in [0.717, 1.165) is 0 Å². The van der Waals surface area contributed by atoms with Crippen molar-refractivity contribution >= 4 is 0 Å². The first-order valence-corrected chi connectivity index (χ1v) is 8.32. The van der Waals surface area contributed by atoms with Crippen LogP contribution in [0, 0.1) is 6.92 Å². The summed E-state index contributed by atoms with van der Waals surface area (Å²) in [6, 6.07) is 9.45. The fourth-order valence-corrected chi connectivity index (χ4v) is 3.73. The van der Waals surface area contributed by atoms with Gasteiger partial charge in [-0.05, 0) is 32.3 Å². The molecule has 1 aromatic carbocycles. The average molecular weight is 290 g/mol. The van der Waals surface area contributed by atoms with E-state index in [9.17, 15) is 5.11 Å².